The number of carbonyl (C=O) groups is 1. The fourth-order valence-electron chi connectivity index (χ4n) is 1.78. The lowest BCUT2D eigenvalue weighted by atomic mass is 9.93. The summed E-state index contributed by atoms with van der Waals surface area (Å²) in [5, 5.41) is 4.05. The first-order valence-corrected chi connectivity index (χ1v) is 7.20. The molecule has 1 amide bonds. The van der Waals surface area contributed by atoms with Crippen molar-refractivity contribution >= 4 is 28.2 Å². The minimum atomic E-state index is -0.103. The molecule has 1 aliphatic rings. The summed E-state index contributed by atoms with van der Waals surface area (Å²) in [7, 11) is 3.35. The number of nitrogen functional groups attached to an aromatic ring is 1. The summed E-state index contributed by atoms with van der Waals surface area (Å²) in [6.45, 7) is 1.05. The Labute approximate surface area is 116 Å². The van der Waals surface area contributed by atoms with Gasteiger partial charge in [0.15, 0.2) is 5.13 Å². The van der Waals surface area contributed by atoms with E-state index in [0.717, 1.165) is 18.0 Å². The van der Waals surface area contributed by atoms with Crippen LogP contribution in [0.25, 0.3) is 0 Å². The van der Waals surface area contributed by atoms with E-state index in [1.807, 2.05) is 0 Å². The van der Waals surface area contributed by atoms with E-state index in [2.05, 4.69) is 10.3 Å². The predicted molar refractivity (Wildman–Crippen MR) is 76.6 cm³/mol. The van der Waals surface area contributed by atoms with Gasteiger partial charge in [-0.15, -0.1) is 0 Å². The van der Waals surface area contributed by atoms with Crippen LogP contribution in [0.3, 0.4) is 0 Å². The highest BCUT2D eigenvalue weighted by molar-refractivity contribution is 7.18. The largest absolute Gasteiger partial charge is 0.383 e. The number of carbonyl (C=O) groups excluding carboxylic acids is 1. The van der Waals surface area contributed by atoms with Crippen molar-refractivity contribution in [1.29, 1.82) is 0 Å². The number of hydrogen-bond donors (Lipinski definition) is 2. The van der Waals surface area contributed by atoms with E-state index in [1.54, 1.807) is 19.1 Å². The van der Waals surface area contributed by atoms with E-state index in [-0.39, 0.29) is 5.91 Å². The fraction of sp³-hybridized carbons (Fsp3) is 0.667. The van der Waals surface area contributed by atoms with Crippen molar-refractivity contribution in [2.45, 2.75) is 25.3 Å². The molecule has 106 valence electrons. The Bertz CT molecular complexity index is 445. The van der Waals surface area contributed by atoms with Gasteiger partial charge in [0.1, 0.15) is 10.7 Å². The van der Waals surface area contributed by atoms with Crippen molar-refractivity contribution < 1.29 is 9.53 Å². The third-order valence-corrected chi connectivity index (χ3v) is 4.25. The number of nitrogens with one attached hydrogen (secondary N) is 1. The molecule has 3 N–H and O–H groups in total. The molecule has 7 heteroatoms. The van der Waals surface area contributed by atoms with E-state index in [1.165, 1.54) is 17.8 Å². The van der Waals surface area contributed by atoms with Crippen molar-refractivity contribution in [2.75, 3.05) is 38.4 Å². The number of anilines is 2. The lowest BCUT2D eigenvalue weighted by Crippen LogP contribution is -2.29. The zero-order valence-electron chi connectivity index (χ0n) is 11.3. The van der Waals surface area contributed by atoms with Crippen LogP contribution in [0.4, 0.5) is 10.9 Å². The van der Waals surface area contributed by atoms with Crippen LogP contribution in [0, 0.1) is 0 Å². The molecule has 0 bridgehead atoms. The van der Waals surface area contributed by atoms with E-state index < -0.39 is 0 Å². The molecule has 0 aliphatic heterocycles. The maximum atomic E-state index is 12.2. The van der Waals surface area contributed by atoms with Gasteiger partial charge in [-0.2, -0.15) is 0 Å². The second kappa shape index (κ2) is 6.21. The molecule has 0 unspecified atom stereocenters. The number of nitrogens with two attached hydrogens (primary N) is 1. The number of likely N-dealkylation sites (N-methyl/N-ethyl adjacent to an activating group) is 1. The number of aromatic nitrogens is 1. The zero-order chi connectivity index (χ0) is 13.8. The average molecular weight is 284 g/mol. The van der Waals surface area contributed by atoms with Crippen LogP contribution in [-0.4, -0.2) is 49.1 Å². The molecule has 0 atom stereocenters. The monoisotopic (exact) mass is 284 g/mol. The molecule has 1 saturated carbocycles. The predicted octanol–water partition coefficient (Wildman–Crippen LogP) is 1.41. The van der Waals surface area contributed by atoms with Crippen LogP contribution in [0.1, 0.15) is 28.9 Å². The van der Waals surface area contributed by atoms with Crippen LogP contribution in [0.5, 0.6) is 0 Å². The number of hydrogen-bond acceptors (Lipinski definition) is 6. The molecule has 1 aromatic rings. The number of ether oxygens (including phenoxy) is 1. The van der Waals surface area contributed by atoms with Gasteiger partial charge in [-0.3, -0.25) is 4.79 Å². The molecule has 19 heavy (non-hydrogen) atoms. The summed E-state index contributed by atoms with van der Waals surface area (Å²) in [5.74, 6) is 0.204. The summed E-state index contributed by atoms with van der Waals surface area (Å²) in [6.07, 6.45) is 3.58. The summed E-state index contributed by atoms with van der Waals surface area (Å²) in [5.41, 5.74) is 5.82. The Balaban J connectivity index is 2.00. The highest BCUT2D eigenvalue weighted by atomic mass is 32.1. The molecular weight excluding hydrogens is 264 g/mol. The van der Waals surface area contributed by atoms with Crippen molar-refractivity contribution in [3.8, 4) is 0 Å². The SMILES string of the molecule is COCCN(C)C(=O)c1sc(NC2CCC2)nc1N. The lowest BCUT2D eigenvalue weighted by Gasteiger charge is -2.25. The molecule has 1 aliphatic carbocycles. The van der Waals surface area contributed by atoms with E-state index in [0.29, 0.717) is 29.9 Å². The summed E-state index contributed by atoms with van der Waals surface area (Å²) in [4.78, 5) is 18.5. The van der Waals surface area contributed by atoms with E-state index >= 15 is 0 Å². The summed E-state index contributed by atoms with van der Waals surface area (Å²) < 4.78 is 4.96. The maximum absolute atomic E-state index is 12.2. The molecule has 6 nitrogen and oxygen atoms in total. The van der Waals surface area contributed by atoms with Crippen LogP contribution >= 0.6 is 11.3 Å². The molecule has 0 spiro atoms. The van der Waals surface area contributed by atoms with Crippen LogP contribution in [0.15, 0.2) is 0 Å². The minimum absolute atomic E-state index is 0.103. The Morgan fingerprint density at radius 3 is 2.95 bits per heavy atom. The smallest absolute Gasteiger partial charge is 0.267 e. The maximum Gasteiger partial charge on any atom is 0.267 e. The molecular formula is C12H20N4O2S. The van der Waals surface area contributed by atoms with Gasteiger partial charge in [0.25, 0.3) is 5.91 Å². The topological polar surface area (TPSA) is 80.5 Å². The molecule has 1 heterocycles. The Hall–Kier alpha value is -1.34. The summed E-state index contributed by atoms with van der Waals surface area (Å²) in [6, 6.07) is 0.486. The third-order valence-electron chi connectivity index (χ3n) is 3.26. The van der Waals surface area contributed by atoms with Gasteiger partial charge < -0.3 is 20.7 Å². The first kappa shape index (κ1) is 14.1. The average Bonchev–Trinajstić information content (AvgIpc) is 2.71. The Kier molecular flexibility index (Phi) is 4.60. The first-order chi connectivity index (χ1) is 9.11. The van der Waals surface area contributed by atoms with Gasteiger partial charge >= 0.3 is 0 Å². The van der Waals surface area contributed by atoms with Crippen LogP contribution in [-0.2, 0) is 4.74 Å². The highest BCUT2D eigenvalue weighted by Crippen LogP contribution is 2.30. The zero-order valence-corrected chi connectivity index (χ0v) is 12.1. The molecule has 0 radical (unpaired) electrons. The minimum Gasteiger partial charge on any atom is -0.383 e. The van der Waals surface area contributed by atoms with Gasteiger partial charge in [0.05, 0.1) is 6.61 Å². The third kappa shape index (κ3) is 3.36. The first-order valence-electron chi connectivity index (χ1n) is 6.39. The number of methoxy groups -OCH3 is 1. The second-order valence-corrected chi connectivity index (χ2v) is 5.72. The van der Waals surface area contributed by atoms with Gasteiger partial charge in [-0.1, -0.05) is 11.3 Å². The number of amides is 1. The standard InChI is InChI=1S/C12H20N4O2S/c1-16(6-7-18-2)11(17)9-10(13)15-12(19-9)14-8-4-3-5-8/h8H,3-7,13H2,1-2H3,(H,14,15). The normalized spacial score (nSPS) is 15.1. The van der Waals surface area contributed by atoms with Gasteiger partial charge in [-0.25, -0.2) is 4.98 Å². The van der Waals surface area contributed by atoms with Crippen molar-refractivity contribution in [3.05, 3.63) is 4.88 Å². The van der Waals surface area contributed by atoms with E-state index in [4.69, 9.17) is 10.5 Å². The molecule has 0 aromatic carbocycles. The summed E-state index contributed by atoms with van der Waals surface area (Å²) >= 11 is 1.33. The second-order valence-electron chi connectivity index (χ2n) is 4.73. The number of rotatable bonds is 6. The van der Waals surface area contributed by atoms with Crippen molar-refractivity contribution in [2.24, 2.45) is 0 Å². The van der Waals surface area contributed by atoms with Gasteiger partial charge in [-0.05, 0) is 19.3 Å². The quantitative estimate of drug-likeness (QED) is 0.825. The number of thiazole rings is 1. The molecule has 1 fully saturated rings. The lowest BCUT2D eigenvalue weighted by molar-refractivity contribution is 0.0749. The van der Waals surface area contributed by atoms with Crippen molar-refractivity contribution in [1.82, 2.24) is 9.88 Å². The van der Waals surface area contributed by atoms with Crippen molar-refractivity contribution in [3.63, 3.8) is 0 Å². The molecule has 0 saturated heterocycles. The van der Waals surface area contributed by atoms with E-state index in [9.17, 15) is 4.79 Å². The Morgan fingerprint density at radius 1 is 1.63 bits per heavy atom. The fourth-order valence-corrected chi connectivity index (χ4v) is 2.73. The molecule has 1 aromatic heterocycles. The Morgan fingerprint density at radius 2 is 2.37 bits per heavy atom. The van der Waals surface area contributed by atoms with Gasteiger partial charge in [0, 0.05) is 26.7 Å². The molecule has 2 rings (SSSR count). The van der Waals surface area contributed by atoms with Gasteiger partial charge in [0.2, 0.25) is 0 Å². The van der Waals surface area contributed by atoms with Crippen LogP contribution in [0.2, 0.25) is 0 Å². The van der Waals surface area contributed by atoms with Crippen LogP contribution < -0.4 is 11.1 Å². The highest BCUT2D eigenvalue weighted by Gasteiger charge is 2.22. The number of nitrogens with zero attached hydrogens (tertiary/aromatic N) is 2.